The number of aromatic nitrogens is 1. The maximum atomic E-state index is 13.0. The fourth-order valence-electron chi connectivity index (χ4n) is 4.02. The van der Waals surface area contributed by atoms with Crippen LogP contribution in [0.15, 0.2) is 48.5 Å². The van der Waals surface area contributed by atoms with Crippen molar-refractivity contribution in [3.8, 4) is 0 Å². The van der Waals surface area contributed by atoms with Crippen LogP contribution in [0.25, 0.3) is 10.9 Å². The number of benzene rings is 2. The van der Waals surface area contributed by atoms with E-state index in [1.54, 1.807) is 0 Å². The molecule has 1 aliphatic rings. The van der Waals surface area contributed by atoms with Gasteiger partial charge in [0, 0.05) is 48.1 Å². The van der Waals surface area contributed by atoms with Gasteiger partial charge >= 0.3 is 0 Å². The molecular weight excluding hydrogens is 374 g/mol. The van der Waals surface area contributed by atoms with Gasteiger partial charge in [0.1, 0.15) is 0 Å². The largest absolute Gasteiger partial charge is 0.356 e. The van der Waals surface area contributed by atoms with Gasteiger partial charge in [-0.15, -0.1) is 0 Å². The molecule has 2 aromatic carbocycles. The van der Waals surface area contributed by atoms with Crippen molar-refractivity contribution >= 4 is 34.3 Å². The molecule has 28 heavy (non-hydrogen) atoms. The Hall–Kier alpha value is -2.79. The number of hydrogen-bond donors (Lipinski definition) is 2. The van der Waals surface area contributed by atoms with Crippen molar-refractivity contribution < 1.29 is 9.59 Å². The molecule has 0 spiro atoms. The van der Waals surface area contributed by atoms with Gasteiger partial charge in [0.05, 0.1) is 6.04 Å². The summed E-state index contributed by atoms with van der Waals surface area (Å²) in [5.74, 6) is -0.112. The first-order chi connectivity index (χ1) is 13.5. The molecule has 1 atom stereocenters. The molecule has 0 radical (unpaired) electrons. The third-order valence-electron chi connectivity index (χ3n) is 5.23. The molecule has 0 bridgehead atoms. The molecular formula is C22H22ClN3O2. The van der Waals surface area contributed by atoms with E-state index in [1.165, 1.54) is 17.9 Å². The highest BCUT2D eigenvalue weighted by Gasteiger charge is 2.34. The molecule has 6 heteroatoms. The van der Waals surface area contributed by atoms with E-state index < -0.39 is 0 Å². The predicted molar refractivity (Wildman–Crippen MR) is 110 cm³/mol. The third-order valence-corrected chi connectivity index (χ3v) is 5.47. The minimum absolute atomic E-state index is 0.0167. The van der Waals surface area contributed by atoms with E-state index in [9.17, 15) is 9.59 Å². The maximum Gasteiger partial charge on any atom is 0.225 e. The number of aromatic amines is 1. The van der Waals surface area contributed by atoms with Gasteiger partial charge in [-0.1, -0.05) is 41.9 Å². The SMILES string of the molecule is CC(=O)NCCC(=O)N1CCc2c([nH]c3ccccc23)[C@@H]1c1cccc(Cl)c1. The molecule has 2 heterocycles. The van der Waals surface area contributed by atoms with Gasteiger partial charge in [0.15, 0.2) is 0 Å². The van der Waals surface area contributed by atoms with Crippen LogP contribution in [0.2, 0.25) is 5.02 Å². The van der Waals surface area contributed by atoms with E-state index >= 15 is 0 Å². The van der Waals surface area contributed by atoms with Crippen molar-refractivity contribution in [2.75, 3.05) is 13.1 Å². The molecule has 3 aromatic rings. The van der Waals surface area contributed by atoms with Crippen molar-refractivity contribution in [3.05, 3.63) is 70.4 Å². The van der Waals surface area contributed by atoms with Crippen LogP contribution < -0.4 is 5.32 Å². The Kier molecular flexibility index (Phi) is 5.09. The van der Waals surface area contributed by atoms with Crippen molar-refractivity contribution in [1.82, 2.24) is 15.2 Å². The van der Waals surface area contributed by atoms with Gasteiger partial charge < -0.3 is 15.2 Å². The lowest BCUT2D eigenvalue weighted by atomic mass is 9.92. The number of para-hydroxylation sites is 1. The molecule has 0 fully saturated rings. The summed E-state index contributed by atoms with van der Waals surface area (Å²) in [6.45, 7) is 2.42. The average molecular weight is 396 g/mol. The highest BCUT2D eigenvalue weighted by Crippen LogP contribution is 2.39. The second kappa shape index (κ2) is 7.68. The summed E-state index contributed by atoms with van der Waals surface area (Å²) in [6, 6.07) is 15.7. The Bertz CT molecular complexity index is 1040. The van der Waals surface area contributed by atoms with Gasteiger partial charge in [0.25, 0.3) is 0 Å². The topological polar surface area (TPSA) is 65.2 Å². The van der Waals surface area contributed by atoms with Crippen LogP contribution in [0.3, 0.4) is 0 Å². The van der Waals surface area contributed by atoms with Crippen LogP contribution in [0.4, 0.5) is 0 Å². The zero-order chi connectivity index (χ0) is 19.7. The van der Waals surface area contributed by atoms with E-state index in [0.717, 1.165) is 23.2 Å². The second-order valence-electron chi connectivity index (χ2n) is 7.09. The lowest BCUT2D eigenvalue weighted by molar-refractivity contribution is -0.133. The average Bonchev–Trinajstić information content (AvgIpc) is 3.05. The van der Waals surface area contributed by atoms with E-state index in [1.807, 2.05) is 41.3 Å². The summed E-state index contributed by atoms with van der Waals surface area (Å²) in [7, 11) is 0. The van der Waals surface area contributed by atoms with E-state index in [2.05, 4.69) is 22.4 Å². The number of nitrogens with zero attached hydrogens (tertiary/aromatic N) is 1. The number of halogens is 1. The number of rotatable bonds is 4. The Morgan fingerprint density at radius 2 is 2.04 bits per heavy atom. The van der Waals surface area contributed by atoms with Crippen LogP contribution in [-0.2, 0) is 16.0 Å². The first-order valence-electron chi connectivity index (χ1n) is 9.43. The smallest absolute Gasteiger partial charge is 0.225 e. The highest BCUT2D eigenvalue weighted by atomic mass is 35.5. The predicted octanol–water partition coefficient (Wildman–Crippen LogP) is 3.82. The van der Waals surface area contributed by atoms with E-state index in [-0.39, 0.29) is 24.3 Å². The summed E-state index contributed by atoms with van der Waals surface area (Å²) in [5, 5.41) is 4.55. The molecule has 2 N–H and O–H groups in total. The number of carbonyl (C=O) groups excluding carboxylic acids is 2. The number of carbonyl (C=O) groups is 2. The molecule has 1 aliphatic heterocycles. The summed E-state index contributed by atoms with van der Waals surface area (Å²) in [5.41, 5.74) is 4.36. The molecule has 2 amide bonds. The highest BCUT2D eigenvalue weighted by molar-refractivity contribution is 6.30. The van der Waals surface area contributed by atoms with Crippen LogP contribution in [-0.4, -0.2) is 34.8 Å². The molecule has 144 valence electrons. The third kappa shape index (κ3) is 3.50. The molecule has 5 nitrogen and oxygen atoms in total. The number of amides is 2. The van der Waals surface area contributed by atoms with Gasteiger partial charge in [-0.2, -0.15) is 0 Å². The van der Waals surface area contributed by atoms with E-state index in [4.69, 9.17) is 11.6 Å². The molecule has 4 rings (SSSR count). The van der Waals surface area contributed by atoms with Crippen LogP contribution in [0, 0.1) is 0 Å². The molecule has 0 unspecified atom stereocenters. The van der Waals surface area contributed by atoms with Gasteiger partial charge in [-0.25, -0.2) is 0 Å². The minimum atomic E-state index is -0.223. The standard InChI is InChI=1S/C22H22ClN3O2/c1-14(27)24-11-9-20(28)26-12-10-18-17-7-2-3-8-19(17)25-21(18)22(26)15-5-4-6-16(23)13-15/h2-8,13,22,25H,9-12H2,1H3,(H,24,27)/t22-/m0/s1. The zero-order valence-electron chi connectivity index (χ0n) is 15.7. The van der Waals surface area contributed by atoms with Gasteiger partial charge in [-0.3, -0.25) is 9.59 Å². The minimum Gasteiger partial charge on any atom is -0.356 e. The number of fused-ring (bicyclic) bond motifs is 3. The Morgan fingerprint density at radius 1 is 1.21 bits per heavy atom. The lowest BCUT2D eigenvalue weighted by Gasteiger charge is -2.36. The molecule has 0 aliphatic carbocycles. The quantitative estimate of drug-likeness (QED) is 0.705. The summed E-state index contributed by atoms with van der Waals surface area (Å²) in [6.07, 6.45) is 1.06. The summed E-state index contributed by atoms with van der Waals surface area (Å²) < 4.78 is 0. The van der Waals surface area contributed by atoms with Crippen molar-refractivity contribution in [1.29, 1.82) is 0 Å². The Balaban J connectivity index is 1.74. The molecule has 1 aromatic heterocycles. The number of hydrogen-bond acceptors (Lipinski definition) is 2. The summed E-state index contributed by atoms with van der Waals surface area (Å²) >= 11 is 6.25. The summed E-state index contributed by atoms with van der Waals surface area (Å²) in [4.78, 5) is 29.6. The van der Waals surface area contributed by atoms with Crippen LogP contribution in [0.1, 0.15) is 36.2 Å². The maximum absolute atomic E-state index is 13.0. The molecule has 0 saturated carbocycles. The van der Waals surface area contributed by atoms with Crippen LogP contribution >= 0.6 is 11.6 Å². The second-order valence-corrected chi connectivity index (χ2v) is 7.53. The first kappa shape index (κ1) is 18.6. The monoisotopic (exact) mass is 395 g/mol. The zero-order valence-corrected chi connectivity index (χ0v) is 16.4. The number of nitrogens with one attached hydrogen (secondary N) is 2. The first-order valence-corrected chi connectivity index (χ1v) is 9.81. The fraction of sp³-hybridized carbons (Fsp3) is 0.273. The van der Waals surface area contributed by atoms with Crippen molar-refractivity contribution in [3.63, 3.8) is 0 Å². The fourth-order valence-corrected chi connectivity index (χ4v) is 4.22. The molecule has 0 saturated heterocycles. The van der Waals surface area contributed by atoms with Crippen molar-refractivity contribution in [2.24, 2.45) is 0 Å². The Labute approximate surface area is 168 Å². The van der Waals surface area contributed by atoms with Gasteiger partial charge in [0.2, 0.25) is 11.8 Å². The lowest BCUT2D eigenvalue weighted by Crippen LogP contribution is -2.41. The van der Waals surface area contributed by atoms with Crippen LogP contribution in [0.5, 0.6) is 0 Å². The van der Waals surface area contributed by atoms with E-state index in [0.29, 0.717) is 18.1 Å². The van der Waals surface area contributed by atoms with Gasteiger partial charge in [-0.05, 0) is 35.7 Å². The number of H-pyrrole nitrogens is 1. The Morgan fingerprint density at radius 3 is 2.82 bits per heavy atom. The normalized spacial score (nSPS) is 16.1. The van der Waals surface area contributed by atoms with Crippen molar-refractivity contribution in [2.45, 2.75) is 25.8 Å².